The number of unbranched alkanes of at least 4 members (excludes halogenated alkanes) is 1. The molecule has 0 radical (unpaired) electrons. The van der Waals surface area contributed by atoms with E-state index in [0.717, 1.165) is 0 Å². The van der Waals surface area contributed by atoms with Gasteiger partial charge in [-0.15, -0.1) is 10.1 Å². The third kappa shape index (κ3) is 13.1. The average molecular weight is 471 g/mol. The minimum Gasteiger partial charge on any atom is -0.487 e. The van der Waals surface area contributed by atoms with Crippen LogP contribution in [0.25, 0.3) is 0 Å². The van der Waals surface area contributed by atoms with Crippen LogP contribution in [0.2, 0.25) is 0 Å². The molecule has 1 unspecified atom stereocenters. The number of hydrogen-bond acceptors (Lipinski definition) is 9. The number of hydrogen-bond donors (Lipinski definition) is 4. The van der Waals surface area contributed by atoms with Crippen LogP contribution in [0.3, 0.4) is 0 Å². The van der Waals surface area contributed by atoms with Crippen molar-refractivity contribution in [1.29, 1.82) is 0 Å². The van der Waals surface area contributed by atoms with Gasteiger partial charge in [0.05, 0.1) is 6.61 Å². The summed E-state index contributed by atoms with van der Waals surface area (Å²) in [6.07, 6.45) is 0.323. The van der Waals surface area contributed by atoms with Gasteiger partial charge in [-0.05, 0) is 38.8 Å². The third-order valence-electron chi connectivity index (χ3n) is 4.46. The summed E-state index contributed by atoms with van der Waals surface area (Å²) in [5.74, 6) is 0.375. The van der Waals surface area contributed by atoms with Crippen molar-refractivity contribution in [2.75, 3.05) is 40.0 Å². The summed E-state index contributed by atoms with van der Waals surface area (Å²) in [6.45, 7) is 4.15. The molecule has 0 aliphatic heterocycles. The number of benzene rings is 1. The smallest absolute Gasteiger partial charge is 0.294 e. The van der Waals surface area contributed by atoms with Gasteiger partial charge in [0.1, 0.15) is 12.7 Å². The number of amides is 2. The molecule has 12 nitrogen and oxygen atoms in total. The first-order valence-corrected chi connectivity index (χ1v) is 10.7. The van der Waals surface area contributed by atoms with Gasteiger partial charge in [-0.25, -0.2) is 0 Å². The Morgan fingerprint density at radius 3 is 2.45 bits per heavy atom. The maximum absolute atomic E-state index is 11.9. The molecule has 1 aromatic carbocycles. The lowest BCUT2D eigenvalue weighted by molar-refractivity contribution is -0.757. The summed E-state index contributed by atoms with van der Waals surface area (Å²) in [4.78, 5) is 37.5. The van der Waals surface area contributed by atoms with Crippen LogP contribution in [0.1, 0.15) is 33.1 Å². The quantitative estimate of drug-likeness (QED) is 0.144. The molecule has 0 aliphatic rings. The predicted octanol–water partition coefficient (Wildman–Crippen LogP) is 0.414. The van der Waals surface area contributed by atoms with Gasteiger partial charge in [-0.3, -0.25) is 9.59 Å². The van der Waals surface area contributed by atoms with Crippen LogP contribution in [0.15, 0.2) is 24.3 Å². The molecule has 0 spiro atoms. The van der Waals surface area contributed by atoms with Crippen molar-refractivity contribution in [3.63, 3.8) is 0 Å². The van der Waals surface area contributed by atoms with Gasteiger partial charge < -0.3 is 35.4 Å². The number of carbonyl (C=O) groups is 2. The number of β-amino-alcohol motifs (C(OH)–C–C–N with tert-alkyl or cyclic N) is 1. The molecule has 186 valence electrons. The highest BCUT2D eigenvalue weighted by Crippen LogP contribution is 2.26. The van der Waals surface area contributed by atoms with E-state index in [1.807, 2.05) is 13.8 Å². The molecular weight excluding hydrogens is 436 g/mol. The van der Waals surface area contributed by atoms with Gasteiger partial charge in [0.15, 0.2) is 18.1 Å². The molecule has 0 bridgehead atoms. The van der Waals surface area contributed by atoms with E-state index in [0.29, 0.717) is 30.9 Å². The second kappa shape index (κ2) is 14.9. The van der Waals surface area contributed by atoms with Crippen LogP contribution < -0.4 is 25.4 Å². The van der Waals surface area contributed by atoms with Crippen LogP contribution in [0.5, 0.6) is 11.5 Å². The third-order valence-corrected chi connectivity index (χ3v) is 4.46. The number of aliphatic hydroxyl groups excluding tert-OH is 1. The molecule has 1 rings (SSSR count). The van der Waals surface area contributed by atoms with Crippen molar-refractivity contribution < 1.29 is 34.1 Å². The molecule has 33 heavy (non-hydrogen) atoms. The maximum Gasteiger partial charge on any atom is 0.294 e. The van der Waals surface area contributed by atoms with Crippen molar-refractivity contribution in [3.8, 4) is 11.5 Å². The van der Waals surface area contributed by atoms with E-state index in [4.69, 9.17) is 9.47 Å². The normalized spacial score (nSPS) is 11.9. The zero-order chi connectivity index (χ0) is 24.7. The predicted molar refractivity (Wildman–Crippen MR) is 119 cm³/mol. The van der Waals surface area contributed by atoms with Crippen molar-refractivity contribution in [1.82, 2.24) is 16.0 Å². The van der Waals surface area contributed by atoms with Crippen LogP contribution in [-0.2, 0) is 14.4 Å². The Morgan fingerprint density at radius 1 is 1.15 bits per heavy atom. The number of nitrogens with zero attached hydrogens (tertiary/aromatic N) is 1. The number of likely N-dealkylation sites (N-methyl/N-ethyl adjacent to an activating group) is 1. The Balaban J connectivity index is 2.31. The number of ether oxygens (including phenoxy) is 2. The molecule has 0 aromatic heterocycles. The van der Waals surface area contributed by atoms with E-state index in [2.05, 4.69) is 20.8 Å². The fourth-order valence-corrected chi connectivity index (χ4v) is 2.54. The summed E-state index contributed by atoms with van der Waals surface area (Å²) < 4.78 is 11.1. The molecule has 1 aromatic rings. The van der Waals surface area contributed by atoms with Crippen LogP contribution in [-0.4, -0.2) is 73.6 Å². The van der Waals surface area contributed by atoms with Crippen LogP contribution in [0, 0.1) is 10.1 Å². The molecule has 0 saturated carbocycles. The summed E-state index contributed by atoms with van der Waals surface area (Å²) >= 11 is 0. The molecular formula is C21H34N4O8. The molecule has 1 atom stereocenters. The number of para-hydroxylation sites is 2. The number of rotatable bonds is 17. The van der Waals surface area contributed by atoms with Gasteiger partial charge in [-0.1, -0.05) is 12.1 Å². The van der Waals surface area contributed by atoms with Crippen molar-refractivity contribution in [2.24, 2.45) is 0 Å². The summed E-state index contributed by atoms with van der Waals surface area (Å²) in [5, 5.41) is 27.9. The Kier molecular flexibility index (Phi) is 12.6. The standard InChI is InChI=1S/C21H34N4O8/c1-21(2,15-23-19(27)10-6-7-11-33-25(29)30)24-12-16(26)13-31-17-8-4-5-9-18(17)32-14-20(28)22-3/h4-5,8-9,16,24,26H,6-7,10-15H2,1-3H3,(H,22,28)(H,23,27). The van der Waals surface area contributed by atoms with Crippen molar-refractivity contribution in [2.45, 2.75) is 44.8 Å². The van der Waals surface area contributed by atoms with E-state index < -0.39 is 16.7 Å². The highest BCUT2D eigenvalue weighted by atomic mass is 16.9. The summed E-state index contributed by atoms with van der Waals surface area (Å²) in [5.41, 5.74) is -0.486. The topological polar surface area (TPSA) is 161 Å². The highest BCUT2D eigenvalue weighted by Gasteiger charge is 2.20. The fraction of sp³-hybridized carbons (Fsp3) is 0.619. The SMILES string of the molecule is CNC(=O)COc1ccccc1OCC(O)CNC(C)(C)CNC(=O)CCCCO[N+](=O)[O-]. The summed E-state index contributed by atoms with van der Waals surface area (Å²) in [6, 6.07) is 6.86. The molecule has 0 fully saturated rings. The van der Waals surface area contributed by atoms with E-state index in [9.17, 15) is 24.8 Å². The molecule has 0 saturated heterocycles. The van der Waals surface area contributed by atoms with Gasteiger partial charge in [0.25, 0.3) is 11.0 Å². The minimum absolute atomic E-state index is 0.00199. The fourth-order valence-electron chi connectivity index (χ4n) is 2.54. The molecule has 4 N–H and O–H groups in total. The Hall–Kier alpha value is -3.12. The molecule has 2 amide bonds. The Labute approximate surface area is 193 Å². The highest BCUT2D eigenvalue weighted by molar-refractivity contribution is 5.77. The zero-order valence-corrected chi connectivity index (χ0v) is 19.3. The van der Waals surface area contributed by atoms with Crippen molar-refractivity contribution >= 4 is 11.8 Å². The number of nitrogens with one attached hydrogen (secondary N) is 3. The number of carbonyl (C=O) groups excluding carboxylic acids is 2. The first-order valence-electron chi connectivity index (χ1n) is 10.7. The first kappa shape index (κ1) is 27.9. The van der Waals surface area contributed by atoms with E-state index >= 15 is 0 Å². The number of aliphatic hydroxyl groups is 1. The lowest BCUT2D eigenvalue weighted by Crippen LogP contribution is -2.51. The first-order chi connectivity index (χ1) is 15.6. The van der Waals surface area contributed by atoms with E-state index in [-0.39, 0.29) is 44.6 Å². The van der Waals surface area contributed by atoms with E-state index in [1.165, 1.54) is 7.05 Å². The largest absolute Gasteiger partial charge is 0.487 e. The Morgan fingerprint density at radius 2 is 1.82 bits per heavy atom. The zero-order valence-electron chi connectivity index (χ0n) is 19.3. The second-order valence-electron chi connectivity index (χ2n) is 7.93. The van der Waals surface area contributed by atoms with Gasteiger partial charge in [0, 0.05) is 32.1 Å². The second-order valence-corrected chi connectivity index (χ2v) is 7.93. The molecule has 0 heterocycles. The average Bonchev–Trinajstić information content (AvgIpc) is 2.78. The van der Waals surface area contributed by atoms with Gasteiger partial charge >= 0.3 is 0 Å². The molecule has 12 heteroatoms. The van der Waals surface area contributed by atoms with E-state index in [1.54, 1.807) is 24.3 Å². The minimum atomic E-state index is -0.853. The lowest BCUT2D eigenvalue weighted by Gasteiger charge is -2.28. The monoisotopic (exact) mass is 470 g/mol. The van der Waals surface area contributed by atoms with Gasteiger partial charge in [-0.2, -0.15) is 0 Å². The van der Waals surface area contributed by atoms with Crippen molar-refractivity contribution in [3.05, 3.63) is 34.4 Å². The van der Waals surface area contributed by atoms with Crippen LogP contribution in [0.4, 0.5) is 0 Å². The lowest BCUT2D eigenvalue weighted by atomic mass is 10.1. The summed E-state index contributed by atoms with van der Waals surface area (Å²) in [7, 11) is 1.52. The Bertz CT molecular complexity index is 760. The van der Waals surface area contributed by atoms with Gasteiger partial charge in [0.2, 0.25) is 5.91 Å². The maximum atomic E-state index is 11.9. The molecule has 0 aliphatic carbocycles. The van der Waals surface area contributed by atoms with Crippen LogP contribution >= 0.6 is 0 Å².